The highest BCUT2D eigenvalue weighted by atomic mass is 14.6. The fourth-order valence-corrected chi connectivity index (χ4v) is 5.05. The normalized spacial score (nSPS) is 12.3. The maximum Gasteiger partial charge on any atom is 0.0375 e. The molecule has 1 heterocycles. The maximum atomic E-state index is 4.37. The van der Waals surface area contributed by atoms with Gasteiger partial charge in [-0.25, -0.2) is 0 Å². The van der Waals surface area contributed by atoms with Crippen LogP contribution in [0.5, 0.6) is 0 Å². The van der Waals surface area contributed by atoms with E-state index in [1.807, 2.05) is 6.20 Å². The third kappa shape index (κ3) is 17.7. The van der Waals surface area contributed by atoms with Crippen LogP contribution in [0.3, 0.4) is 0 Å². The highest BCUT2D eigenvalue weighted by Crippen LogP contribution is 2.24. The molecule has 0 aliphatic carbocycles. The molecule has 0 fully saturated rings. The van der Waals surface area contributed by atoms with Gasteiger partial charge in [-0.3, -0.25) is 4.98 Å². The van der Waals surface area contributed by atoms with Gasteiger partial charge in [-0.2, -0.15) is 0 Å². The highest BCUT2D eigenvalue weighted by Gasteiger charge is 2.09. The number of nitrogens with zero attached hydrogens (tertiary/aromatic N) is 1. The van der Waals surface area contributed by atoms with Crippen LogP contribution in [0.4, 0.5) is 0 Å². The van der Waals surface area contributed by atoms with Gasteiger partial charge in [0.15, 0.2) is 0 Å². The molecule has 0 spiro atoms. The summed E-state index contributed by atoms with van der Waals surface area (Å²) in [6.07, 6.45) is 33.5. The zero-order chi connectivity index (χ0) is 23.1. The molecule has 1 atom stereocenters. The van der Waals surface area contributed by atoms with Crippen molar-refractivity contribution in [3.05, 3.63) is 29.6 Å². The molecule has 0 aromatic carbocycles. The Kier molecular flexibility index (Phi) is 20.0. The molecule has 0 bridgehead atoms. The van der Waals surface area contributed by atoms with Crippen molar-refractivity contribution in [2.24, 2.45) is 5.92 Å². The molecular weight excluding hydrogens is 386 g/mol. The predicted octanol–water partition coefficient (Wildman–Crippen LogP) is 10.8. The second-order valence-electron chi connectivity index (χ2n) is 10.4. The van der Waals surface area contributed by atoms with E-state index in [9.17, 15) is 0 Å². The SMILES string of the molecule is CCCCCCCCCCCCC(CCCCCCCCCC)CCc1ccnc(C)c1. The number of hydrogen-bond acceptors (Lipinski definition) is 1. The Bertz CT molecular complexity index is 509. The minimum Gasteiger partial charge on any atom is -0.262 e. The second kappa shape index (κ2) is 22.0. The number of hydrogen-bond donors (Lipinski definition) is 0. The summed E-state index contributed by atoms with van der Waals surface area (Å²) in [6, 6.07) is 4.51. The second-order valence-corrected chi connectivity index (χ2v) is 10.4. The van der Waals surface area contributed by atoms with Crippen LogP contribution >= 0.6 is 0 Å². The van der Waals surface area contributed by atoms with Crippen LogP contribution < -0.4 is 0 Å². The molecule has 0 radical (unpaired) electrons. The van der Waals surface area contributed by atoms with Crippen LogP contribution in [-0.2, 0) is 6.42 Å². The molecule has 0 amide bonds. The van der Waals surface area contributed by atoms with Gasteiger partial charge in [-0.05, 0) is 43.4 Å². The standard InChI is InChI=1S/C31H57N/c1-4-6-8-10-12-14-15-17-19-21-23-30(22-20-18-16-13-11-9-7-5-2)24-25-31-26-27-32-29(3)28-31/h26-28,30H,4-25H2,1-3H3. The molecule has 186 valence electrons. The van der Waals surface area contributed by atoms with Crippen molar-refractivity contribution in [1.29, 1.82) is 0 Å². The number of aromatic nitrogens is 1. The van der Waals surface area contributed by atoms with Crippen molar-refractivity contribution in [2.75, 3.05) is 0 Å². The molecule has 1 nitrogen and oxygen atoms in total. The van der Waals surface area contributed by atoms with E-state index in [-0.39, 0.29) is 0 Å². The van der Waals surface area contributed by atoms with Gasteiger partial charge >= 0.3 is 0 Å². The summed E-state index contributed by atoms with van der Waals surface area (Å²) in [4.78, 5) is 4.37. The van der Waals surface area contributed by atoms with E-state index in [2.05, 4.69) is 37.9 Å². The van der Waals surface area contributed by atoms with E-state index in [0.29, 0.717) is 0 Å². The minimum atomic E-state index is 0.928. The first-order valence-corrected chi connectivity index (χ1v) is 14.7. The minimum absolute atomic E-state index is 0.928. The van der Waals surface area contributed by atoms with E-state index in [1.165, 1.54) is 147 Å². The van der Waals surface area contributed by atoms with Crippen LogP contribution in [0, 0.1) is 12.8 Å². The average molecular weight is 444 g/mol. The lowest BCUT2D eigenvalue weighted by molar-refractivity contribution is 0.380. The average Bonchev–Trinajstić information content (AvgIpc) is 2.80. The first kappa shape index (κ1) is 29.2. The molecule has 1 unspecified atom stereocenters. The highest BCUT2D eigenvalue weighted by molar-refractivity contribution is 5.15. The molecule has 1 aromatic heterocycles. The first-order valence-electron chi connectivity index (χ1n) is 14.7. The summed E-state index contributed by atoms with van der Waals surface area (Å²) in [5.74, 6) is 0.928. The van der Waals surface area contributed by atoms with Gasteiger partial charge in [0, 0.05) is 11.9 Å². The molecule has 0 saturated carbocycles. The lowest BCUT2D eigenvalue weighted by atomic mass is 9.89. The lowest BCUT2D eigenvalue weighted by Crippen LogP contribution is -2.04. The van der Waals surface area contributed by atoms with Gasteiger partial charge in [-0.15, -0.1) is 0 Å². The van der Waals surface area contributed by atoms with Gasteiger partial charge in [0.05, 0.1) is 0 Å². The smallest absolute Gasteiger partial charge is 0.0375 e. The van der Waals surface area contributed by atoms with Crippen molar-refractivity contribution >= 4 is 0 Å². The molecule has 0 aliphatic heterocycles. The van der Waals surface area contributed by atoms with Gasteiger partial charge in [0.25, 0.3) is 0 Å². The third-order valence-electron chi connectivity index (χ3n) is 7.23. The zero-order valence-electron chi connectivity index (χ0n) is 22.3. The first-order chi connectivity index (χ1) is 15.8. The molecule has 1 heteroatoms. The van der Waals surface area contributed by atoms with E-state index in [0.717, 1.165) is 11.6 Å². The van der Waals surface area contributed by atoms with Gasteiger partial charge < -0.3 is 0 Å². The van der Waals surface area contributed by atoms with Gasteiger partial charge in [0.2, 0.25) is 0 Å². The number of aryl methyl sites for hydroxylation is 2. The summed E-state index contributed by atoms with van der Waals surface area (Å²) in [5, 5.41) is 0. The van der Waals surface area contributed by atoms with Gasteiger partial charge in [-0.1, -0.05) is 142 Å². The Morgan fingerprint density at radius 3 is 1.47 bits per heavy atom. The van der Waals surface area contributed by atoms with Crippen LogP contribution in [-0.4, -0.2) is 4.98 Å². The molecule has 1 aromatic rings. The largest absolute Gasteiger partial charge is 0.262 e. The molecule has 1 rings (SSSR count). The monoisotopic (exact) mass is 443 g/mol. The molecule has 0 N–H and O–H groups in total. The van der Waals surface area contributed by atoms with Crippen LogP contribution in [0.25, 0.3) is 0 Å². The van der Waals surface area contributed by atoms with Gasteiger partial charge in [0.1, 0.15) is 0 Å². The van der Waals surface area contributed by atoms with E-state index in [1.54, 1.807) is 0 Å². The zero-order valence-corrected chi connectivity index (χ0v) is 22.3. The quantitative estimate of drug-likeness (QED) is 0.153. The van der Waals surface area contributed by atoms with Crippen molar-refractivity contribution in [2.45, 2.75) is 162 Å². The topological polar surface area (TPSA) is 12.9 Å². The Balaban J connectivity index is 2.19. The van der Waals surface area contributed by atoms with Crippen molar-refractivity contribution < 1.29 is 0 Å². The Labute approximate surface area is 202 Å². The summed E-state index contributed by atoms with van der Waals surface area (Å²) in [6.45, 7) is 6.73. The van der Waals surface area contributed by atoms with Crippen LogP contribution in [0.1, 0.15) is 160 Å². The fraction of sp³-hybridized carbons (Fsp3) is 0.839. The van der Waals surface area contributed by atoms with E-state index < -0.39 is 0 Å². The fourth-order valence-electron chi connectivity index (χ4n) is 5.05. The molecule has 32 heavy (non-hydrogen) atoms. The lowest BCUT2D eigenvalue weighted by Gasteiger charge is -2.17. The van der Waals surface area contributed by atoms with Crippen LogP contribution in [0.2, 0.25) is 0 Å². The Morgan fingerprint density at radius 2 is 1.03 bits per heavy atom. The maximum absolute atomic E-state index is 4.37. The van der Waals surface area contributed by atoms with Crippen molar-refractivity contribution in [1.82, 2.24) is 4.98 Å². The van der Waals surface area contributed by atoms with E-state index >= 15 is 0 Å². The summed E-state index contributed by atoms with van der Waals surface area (Å²) in [7, 11) is 0. The number of unbranched alkanes of at least 4 members (excludes halogenated alkanes) is 16. The van der Waals surface area contributed by atoms with Crippen LogP contribution in [0.15, 0.2) is 18.3 Å². The van der Waals surface area contributed by atoms with Crippen molar-refractivity contribution in [3.63, 3.8) is 0 Å². The Morgan fingerprint density at radius 1 is 0.594 bits per heavy atom. The number of pyridine rings is 1. The van der Waals surface area contributed by atoms with E-state index in [4.69, 9.17) is 0 Å². The molecule has 0 saturated heterocycles. The number of rotatable bonds is 23. The summed E-state index contributed by atoms with van der Waals surface area (Å²) < 4.78 is 0. The predicted molar refractivity (Wildman–Crippen MR) is 144 cm³/mol. The summed E-state index contributed by atoms with van der Waals surface area (Å²) in [5.41, 5.74) is 2.65. The summed E-state index contributed by atoms with van der Waals surface area (Å²) >= 11 is 0. The Hall–Kier alpha value is -0.850. The third-order valence-corrected chi connectivity index (χ3v) is 7.23. The molecule has 0 aliphatic rings. The van der Waals surface area contributed by atoms with Crippen molar-refractivity contribution in [3.8, 4) is 0 Å². The molecular formula is C31H57N.